The first-order valence-corrected chi connectivity index (χ1v) is 19.0. The maximum Gasteiger partial charge on any atom is 0.166 e. The lowest BCUT2D eigenvalue weighted by atomic mass is 9.47. The van der Waals surface area contributed by atoms with Crippen molar-refractivity contribution in [2.75, 3.05) is 26.2 Å². The van der Waals surface area contributed by atoms with E-state index in [0.717, 1.165) is 85.5 Å². The van der Waals surface area contributed by atoms with Gasteiger partial charge >= 0.3 is 0 Å². The van der Waals surface area contributed by atoms with Crippen molar-refractivity contribution in [1.29, 1.82) is 0 Å². The molecule has 49 heavy (non-hydrogen) atoms. The van der Waals surface area contributed by atoms with E-state index >= 15 is 0 Å². The Bertz CT molecular complexity index is 1910. The zero-order chi connectivity index (χ0) is 32.4. The van der Waals surface area contributed by atoms with Crippen molar-refractivity contribution in [3.63, 3.8) is 0 Å². The van der Waals surface area contributed by atoms with Gasteiger partial charge in [-0.2, -0.15) is 0 Å². The fraction of sp³-hybridized carbons (Fsp3) is 0.600. The molecule has 0 amide bonds. The molecule has 5 N–H and O–H groups in total. The van der Waals surface area contributed by atoms with E-state index in [1.807, 2.05) is 0 Å². The second kappa shape index (κ2) is 8.28. The SMILES string of the molecule is Oc1ccc2c3c1O[C@@H]1c4[nH]c5c(c4C[C@]4(O)[C@H](C2)N(CC2CC2)CC[C@@]314)C[C@]1(O)[C@@H]2Cc3ccc(O)c4c3[C@]1(CCN2CC1CC1)[C@@H]5O4. The van der Waals surface area contributed by atoms with Gasteiger partial charge in [-0.3, -0.25) is 9.80 Å². The van der Waals surface area contributed by atoms with Crippen LogP contribution in [0.4, 0.5) is 0 Å². The van der Waals surface area contributed by atoms with Crippen molar-refractivity contribution in [3.8, 4) is 23.0 Å². The highest BCUT2D eigenvalue weighted by atomic mass is 16.5. The predicted octanol–water partition coefficient (Wildman–Crippen LogP) is 3.82. The Morgan fingerprint density at radius 2 is 1.12 bits per heavy atom. The fourth-order valence-electron chi connectivity index (χ4n) is 13.4. The number of phenols is 2. The van der Waals surface area contributed by atoms with E-state index in [2.05, 4.69) is 26.9 Å². The molecule has 2 saturated heterocycles. The summed E-state index contributed by atoms with van der Waals surface area (Å²) in [5, 5.41) is 49.4. The van der Waals surface area contributed by atoms with Gasteiger partial charge in [-0.1, -0.05) is 12.1 Å². The molecule has 2 spiro atoms. The van der Waals surface area contributed by atoms with Gasteiger partial charge in [0, 0.05) is 49.1 Å². The number of fused-ring (bicyclic) bond motifs is 5. The third-order valence-electron chi connectivity index (χ3n) is 15.7. The quantitative estimate of drug-likeness (QED) is 0.286. The highest BCUT2D eigenvalue weighted by Crippen LogP contribution is 2.72. The molecule has 5 heterocycles. The molecular weight excluding hydrogens is 618 g/mol. The lowest BCUT2D eigenvalue weighted by Crippen LogP contribution is -2.75. The minimum atomic E-state index is -1.09. The second-order valence-corrected chi connectivity index (χ2v) is 17.8. The average molecular weight is 662 g/mol. The van der Waals surface area contributed by atoms with Crippen LogP contribution in [-0.4, -0.2) is 84.7 Å². The van der Waals surface area contributed by atoms with Crippen LogP contribution in [0.5, 0.6) is 23.0 Å². The van der Waals surface area contributed by atoms with E-state index in [1.165, 1.54) is 36.8 Å². The average Bonchev–Trinajstić information content (AvgIpc) is 3.98. The molecule has 4 bridgehead atoms. The topological polar surface area (TPSA) is 122 Å². The van der Waals surface area contributed by atoms with Crippen LogP contribution in [0.1, 0.15) is 95.5 Å². The van der Waals surface area contributed by atoms with Gasteiger partial charge in [-0.15, -0.1) is 0 Å². The normalized spacial score (nSPS) is 41.3. The number of ether oxygens (including phenoxy) is 2. The number of hydrogen-bond acceptors (Lipinski definition) is 8. The van der Waals surface area contributed by atoms with Crippen LogP contribution in [-0.2, 0) is 36.5 Å². The van der Waals surface area contributed by atoms with Gasteiger partial charge in [0.15, 0.2) is 35.2 Å². The Labute approximate surface area is 284 Å². The Morgan fingerprint density at radius 3 is 1.55 bits per heavy atom. The van der Waals surface area contributed by atoms with Gasteiger partial charge in [0.05, 0.1) is 33.4 Å². The second-order valence-electron chi connectivity index (χ2n) is 17.8. The van der Waals surface area contributed by atoms with Crippen LogP contribution in [0.15, 0.2) is 24.3 Å². The zero-order valence-corrected chi connectivity index (χ0v) is 27.7. The van der Waals surface area contributed by atoms with Crippen LogP contribution in [0.25, 0.3) is 0 Å². The zero-order valence-electron chi connectivity index (χ0n) is 27.7. The molecule has 2 aromatic carbocycles. The summed E-state index contributed by atoms with van der Waals surface area (Å²) in [6.07, 6.45) is 8.06. The van der Waals surface area contributed by atoms with Crippen molar-refractivity contribution in [1.82, 2.24) is 14.8 Å². The first kappa shape index (κ1) is 27.5. The molecular formula is C40H43N3O6. The summed E-state index contributed by atoms with van der Waals surface area (Å²) in [6.45, 7) is 3.84. The van der Waals surface area contributed by atoms with Crippen LogP contribution in [0.3, 0.4) is 0 Å². The van der Waals surface area contributed by atoms with Crippen LogP contribution < -0.4 is 9.47 Å². The number of aromatic amines is 1. The summed E-state index contributed by atoms with van der Waals surface area (Å²) in [7, 11) is 0. The molecule has 0 radical (unpaired) electrons. The number of nitrogens with zero attached hydrogens (tertiary/aromatic N) is 2. The summed E-state index contributed by atoms with van der Waals surface area (Å²) in [5.41, 5.74) is 4.93. The Kier molecular flexibility index (Phi) is 4.64. The predicted molar refractivity (Wildman–Crippen MR) is 177 cm³/mol. The van der Waals surface area contributed by atoms with Crippen LogP contribution in [0, 0.1) is 11.8 Å². The molecule has 0 unspecified atom stereocenters. The molecule has 254 valence electrons. The van der Waals surface area contributed by atoms with Gasteiger partial charge in [0.1, 0.15) is 0 Å². The lowest BCUT2D eigenvalue weighted by Gasteiger charge is -2.63. The number of hydrogen-bond donors (Lipinski definition) is 5. The van der Waals surface area contributed by atoms with Crippen molar-refractivity contribution in [3.05, 3.63) is 69.0 Å². The van der Waals surface area contributed by atoms with E-state index in [0.29, 0.717) is 36.2 Å². The number of aliphatic hydroxyl groups is 2. The third kappa shape index (κ3) is 2.87. The van der Waals surface area contributed by atoms with Crippen molar-refractivity contribution < 1.29 is 29.9 Å². The maximum absolute atomic E-state index is 13.5. The Hall–Kier alpha value is -3.24. The fourth-order valence-corrected chi connectivity index (χ4v) is 13.4. The van der Waals surface area contributed by atoms with E-state index < -0.39 is 34.2 Å². The number of phenolic OH excluding ortho intramolecular Hbond substituents is 2. The largest absolute Gasteiger partial charge is 0.504 e. The monoisotopic (exact) mass is 661 g/mol. The first-order valence-electron chi connectivity index (χ1n) is 19.0. The van der Waals surface area contributed by atoms with E-state index in [1.54, 1.807) is 12.1 Å². The highest BCUT2D eigenvalue weighted by Gasteiger charge is 2.76. The number of likely N-dealkylation sites (tertiary alicyclic amines) is 2. The summed E-state index contributed by atoms with van der Waals surface area (Å²) >= 11 is 0. The van der Waals surface area contributed by atoms with Gasteiger partial charge in [0.2, 0.25) is 0 Å². The van der Waals surface area contributed by atoms with Gasteiger partial charge in [-0.05, 0) is 111 Å². The third-order valence-corrected chi connectivity index (χ3v) is 15.7. The minimum absolute atomic E-state index is 0.0535. The number of aromatic nitrogens is 1. The smallest absolute Gasteiger partial charge is 0.166 e. The summed E-state index contributed by atoms with van der Waals surface area (Å²) in [5.74, 6) is 2.77. The molecule has 13 rings (SSSR count). The van der Waals surface area contributed by atoms with Crippen molar-refractivity contribution in [2.45, 2.75) is 111 Å². The number of aromatic hydroxyl groups is 2. The standard InChI is InChI=1S/C40H43N3O6/c44-25-7-5-21-13-27-39(46)15-23-24-16-40(47)28-14-22-6-8-26(45)34-30(22)38(40,10-12-43(28)18-20-3-4-20)36(49-34)32(24)41-31(23)35-37(39,29(21)33(25)48-35)9-11-42(27)17-19-1-2-19/h5-8,19-20,27-28,35-36,41,44-47H,1-4,9-18H2/t27-,28-,35+,36+,37+,38+,39-,40-/m0/s1. The molecule has 9 nitrogen and oxygen atoms in total. The maximum atomic E-state index is 13.5. The molecule has 6 aliphatic carbocycles. The summed E-state index contributed by atoms with van der Waals surface area (Å²) in [4.78, 5) is 9.05. The number of nitrogens with one attached hydrogen (secondary N) is 1. The molecule has 8 atom stereocenters. The Morgan fingerprint density at radius 1 is 0.673 bits per heavy atom. The van der Waals surface area contributed by atoms with Crippen LogP contribution >= 0.6 is 0 Å². The molecule has 10 aliphatic rings. The van der Waals surface area contributed by atoms with Crippen LogP contribution in [0.2, 0.25) is 0 Å². The molecule has 4 aliphatic heterocycles. The van der Waals surface area contributed by atoms with Gasteiger partial charge < -0.3 is 34.9 Å². The number of piperidine rings is 2. The van der Waals surface area contributed by atoms with Gasteiger partial charge in [0.25, 0.3) is 0 Å². The molecule has 3 aromatic rings. The summed E-state index contributed by atoms with van der Waals surface area (Å²) < 4.78 is 13.9. The summed E-state index contributed by atoms with van der Waals surface area (Å²) in [6, 6.07) is 7.56. The van der Waals surface area contributed by atoms with Crippen molar-refractivity contribution in [2.24, 2.45) is 11.8 Å². The van der Waals surface area contributed by atoms with Gasteiger partial charge in [-0.25, -0.2) is 0 Å². The number of rotatable bonds is 4. The minimum Gasteiger partial charge on any atom is -0.504 e. The van der Waals surface area contributed by atoms with E-state index in [4.69, 9.17) is 9.47 Å². The lowest BCUT2D eigenvalue weighted by molar-refractivity contribution is -0.176. The van der Waals surface area contributed by atoms with E-state index in [-0.39, 0.29) is 23.6 Å². The molecule has 2 saturated carbocycles. The number of H-pyrrole nitrogens is 1. The van der Waals surface area contributed by atoms with E-state index in [9.17, 15) is 20.4 Å². The first-order chi connectivity index (χ1) is 23.7. The molecule has 9 heteroatoms. The molecule has 1 aromatic heterocycles. The number of benzene rings is 2. The highest BCUT2D eigenvalue weighted by molar-refractivity contribution is 5.68. The Balaban J connectivity index is 1.03. The molecule has 4 fully saturated rings. The van der Waals surface area contributed by atoms with Crippen molar-refractivity contribution >= 4 is 0 Å².